The molecule has 1 saturated heterocycles. The van der Waals surface area contributed by atoms with Crippen LogP contribution in [0.15, 0.2) is 12.1 Å². The summed E-state index contributed by atoms with van der Waals surface area (Å²) < 4.78 is 5.50. The average molecular weight is 399 g/mol. The van der Waals surface area contributed by atoms with Gasteiger partial charge in [0.25, 0.3) is 5.91 Å². The maximum absolute atomic E-state index is 12.8. The van der Waals surface area contributed by atoms with Crippen molar-refractivity contribution in [2.24, 2.45) is 11.8 Å². The van der Waals surface area contributed by atoms with Crippen molar-refractivity contribution in [2.45, 2.75) is 71.9 Å². The number of carbonyl (C=O) groups excluding carboxylic acids is 2. The van der Waals surface area contributed by atoms with Crippen LogP contribution in [0.2, 0.25) is 0 Å². The number of amides is 2. The molecule has 5 nitrogen and oxygen atoms in total. The van der Waals surface area contributed by atoms with Crippen LogP contribution in [-0.2, 0) is 17.7 Å². The van der Waals surface area contributed by atoms with E-state index in [2.05, 4.69) is 19.1 Å². The average Bonchev–Trinajstić information content (AvgIpc) is 3.38. The van der Waals surface area contributed by atoms with Crippen LogP contribution >= 0.6 is 0 Å². The third-order valence-electron chi connectivity index (χ3n) is 6.31. The van der Waals surface area contributed by atoms with E-state index >= 15 is 0 Å². The first-order valence-corrected chi connectivity index (χ1v) is 11.1. The van der Waals surface area contributed by atoms with Gasteiger partial charge in [-0.25, -0.2) is 4.79 Å². The first-order valence-electron chi connectivity index (χ1n) is 11.1. The molecule has 0 bridgehead atoms. The molecule has 0 spiro atoms. The summed E-state index contributed by atoms with van der Waals surface area (Å²) in [6, 6.07) is 4.46. The summed E-state index contributed by atoms with van der Waals surface area (Å²) in [6.45, 7) is 11.0. The van der Waals surface area contributed by atoms with E-state index in [-0.39, 0.29) is 12.0 Å². The lowest BCUT2D eigenvalue weighted by molar-refractivity contribution is 0.0184. The molecule has 1 saturated carbocycles. The molecule has 5 heteroatoms. The van der Waals surface area contributed by atoms with Crippen LogP contribution in [0.4, 0.5) is 4.79 Å². The SMILES string of the molecule is Cc1cc(CC2CCN(C(=O)OC(C)(C)C)CC2)cc2c1C(=O)N(CC1CC1)C2. The standard InChI is InChI=1S/C24H34N2O3/c1-16-11-19(13-20-15-26(14-18-5-6-18)22(27)21(16)20)12-17-7-9-25(10-8-17)23(28)29-24(2,3)4/h11,13,17-18H,5-10,12,14-15H2,1-4H3. The van der Waals surface area contributed by atoms with Crippen LogP contribution in [0.5, 0.6) is 0 Å². The Morgan fingerprint density at radius 2 is 1.79 bits per heavy atom. The second kappa shape index (κ2) is 7.66. The van der Waals surface area contributed by atoms with Crippen LogP contribution in [0, 0.1) is 18.8 Å². The van der Waals surface area contributed by atoms with E-state index in [0.29, 0.717) is 5.92 Å². The van der Waals surface area contributed by atoms with Crippen molar-refractivity contribution in [3.63, 3.8) is 0 Å². The summed E-state index contributed by atoms with van der Waals surface area (Å²) in [7, 11) is 0. The minimum Gasteiger partial charge on any atom is -0.444 e. The fraction of sp³-hybridized carbons (Fsp3) is 0.667. The summed E-state index contributed by atoms with van der Waals surface area (Å²) >= 11 is 0. The lowest BCUT2D eigenvalue weighted by Gasteiger charge is -2.33. The van der Waals surface area contributed by atoms with Crippen molar-refractivity contribution in [3.05, 3.63) is 34.4 Å². The first-order chi connectivity index (χ1) is 13.7. The second-order valence-corrected chi connectivity index (χ2v) is 10.2. The van der Waals surface area contributed by atoms with E-state index < -0.39 is 5.60 Å². The highest BCUT2D eigenvalue weighted by Gasteiger charge is 2.34. The predicted octanol–water partition coefficient (Wildman–Crippen LogP) is 4.55. The number of likely N-dealkylation sites (tertiary alicyclic amines) is 1. The highest BCUT2D eigenvalue weighted by atomic mass is 16.6. The van der Waals surface area contributed by atoms with Gasteiger partial charge in [-0.05, 0) is 88.3 Å². The molecule has 0 N–H and O–H groups in total. The number of piperidine rings is 1. The third kappa shape index (κ3) is 4.76. The van der Waals surface area contributed by atoms with Crippen molar-refractivity contribution in [2.75, 3.05) is 19.6 Å². The zero-order valence-corrected chi connectivity index (χ0v) is 18.3. The molecule has 0 radical (unpaired) electrons. The molecule has 0 unspecified atom stereocenters. The van der Waals surface area contributed by atoms with Gasteiger partial charge in [0.2, 0.25) is 0 Å². The molecule has 29 heavy (non-hydrogen) atoms. The molecule has 2 fully saturated rings. The molecule has 2 heterocycles. The van der Waals surface area contributed by atoms with Crippen molar-refractivity contribution >= 4 is 12.0 Å². The fourth-order valence-electron chi connectivity index (χ4n) is 4.66. The number of carbonyl (C=O) groups is 2. The van der Waals surface area contributed by atoms with Gasteiger partial charge in [0.1, 0.15) is 5.60 Å². The molecule has 0 atom stereocenters. The zero-order valence-electron chi connectivity index (χ0n) is 18.3. The molecule has 158 valence electrons. The minimum atomic E-state index is -0.444. The first kappa shape index (κ1) is 20.2. The van der Waals surface area contributed by atoms with Gasteiger partial charge in [0, 0.05) is 31.7 Å². The summed E-state index contributed by atoms with van der Waals surface area (Å²) in [5.74, 6) is 1.52. The number of fused-ring (bicyclic) bond motifs is 1. The van der Waals surface area contributed by atoms with Gasteiger partial charge in [-0.2, -0.15) is 0 Å². The molecule has 1 aromatic rings. The summed E-state index contributed by atoms with van der Waals surface area (Å²) in [6.07, 6.45) is 5.37. The molecular formula is C24H34N2O3. The quantitative estimate of drug-likeness (QED) is 0.748. The predicted molar refractivity (Wildman–Crippen MR) is 113 cm³/mol. The Morgan fingerprint density at radius 3 is 2.41 bits per heavy atom. The largest absolute Gasteiger partial charge is 0.444 e. The van der Waals surface area contributed by atoms with E-state index in [1.54, 1.807) is 0 Å². The van der Waals surface area contributed by atoms with Crippen molar-refractivity contribution in [3.8, 4) is 0 Å². The Hall–Kier alpha value is -2.04. The van der Waals surface area contributed by atoms with Crippen LogP contribution in [0.3, 0.4) is 0 Å². The van der Waals surface area contributed by atoms with Crippen molar-refractivity contribution in [1.82, 2.24) is 9.80 Å². The van der Waals surface area contributed by atoms with E-state index in [9.17, 15) is 9.59 Å². The zero-order chi connectivity index (χ0) is 20.8. The maximum atomic E-state index is 12.8. The Labute approximate surface area is 174 Å². The lowest BCUT2D eigenvalue weighted by atomic mass is 9.88. The van der Waals surface area contributed by atoms with Crippen LogP contribution < -0.4 is 0 Å². The van der Waals surface area contributed by atoms with Gasteiger partial charge in [-0.15, -0.1) is 0 Å². The van der Waals surface area contributed by atoms with Crippen molar-refractivity contribution < 1.29 is 14.3 Å². The van der Waals surface area contributed by atoms with Gasteiger partial charge in [-0.3, -0.25) is 4.79 Å². The van der Waals surface area contributed by atoms with E-state index in [1.807, 2.05) is 30.6 Å². The van der Waals surface area contributed by atoms with Crippen molar-refractivity contribution in [1.29, 1.82) is 0 Å². The van der Waals surface area contributed by atoms with E-state index in [1.165, 1.54) is 24.0 Å². The number of hydrogen-bond donors (Lipinski definition) is 0. The summed E-state index contributed by atoms with van der Waals surface area (Å²) in [5.41, 5.74) is 4.15. The highest BCUT2D eigenvalue weighted by molar-refractivity contribution is 5.99. The molecule has 2 aliphatic heterocycles. The number of aryl methyl sites for hydroxylation is 1. The van der Waals surface area contributed by atoms with E-state index in [4.69, 9.17) is 4.74 Å². The molecule has 4 rings (SSSR count). The number of rotatable bonds is 4. The Kier molecular flexibility index (Phi) is 5.34. The maximum Gasteiger partial charge on any atom is 0.410 e. The third-order valence-corrected chi connectivity index (χ3v) is 6.31. The summed E-state index contributed by atoms with van der Waals surface area (Å²) in [4.78, 5) is 28.9. The highest BCUT2D eigenvalue weighted by Crippen LogP contribution is 2.35. The fourth-order valence-corrected chi connectivity index (χ4v) is 4.66. The van der Waals surface area contributed by atoms with Gasteiger partial charge in [0.15, 0.2) is 0 Å². The Balaban J connectivity index is 1.35. The summed E-state index contributed by atoms with van der Waals surface area (Å²) in [5, 5.41) is 0. The molecule has 1 aromatic carbocycles. The molecular weight excluding hydrogens is 364 g/mol. The molecule has 1 aliphatic carbocycles. The minimum absolute atomic E-state index is 0.196. The monoisotopic (exact) mass is 398 g/mol. The van der Waals surface area contributed by atoms with E-state index in [0.717, 1.165) is 62.5 Å². The molecule has 0 aromatic heterocycles. The molecule has 2 amide bonds. The lowest BCUT2D eigenvalue weighted by Crippen LogP contribution is -2.42. The second-order valence-electron chi connectivity index (χ2n) is 10.2. The number of ether oxygens (including phenoxy) is 1. The van der Waals surface area contributed by atoms with Gasteiger partial charge in [0.05, 0.1) is 0 Å². The van der Waals surface area contributed by atoms with Gasteiger partial charge >= 0.3 is 6.09 Å². The Morgan fingerprint density at radius 1 is 1.10 bits per heavy atom. The Bertz CT molecular complexity index is 799. The smallest absolute Gasteiger partial charge is 0.410 e. The number of hydrogen-bond acceptors (Lipinski definition) is 3. The number of nitrogens with zero attached hydrogens (tertiary/aromatic N) is 2. The molecule has 3 aliphatic rings. The van der Waals surface area contributed by atoms with Crippen LogP contribution in [-0.4, -0.2) is 47.0 Å². The van der Waals surface area contributed by atoms with Crippen LogP contribution in [0.25, 0.3) is 0 Å². The topological polar surface area (TPSA) is 49.9 Å². The van der Waals surface area contributed by atoms with Crippen LogP contribution in [0.1, 0.15) is 73.5 Å². The van der Waals surface area contributed by atoms with Gasteiger partial charge < -0.3 is 14.5 Å². The van der Waals surface area contributed by atoms with Gasteiger partial charge in [-0.1, -0.05) is 12.1 Å². The normalized spacial score (nSPS) is 20.2. The number of benzene rings is 1.